The minimum atomic E-state index is -1.27. The third-order valence-electron chi connectivity index (χ3n) is 4.55. The molecule has 0 aromatic heterocycles. The fraction of sp³-hybridized carbons (Fsp3) is 0.500. The number of aliphatic hydroxyl groups excluding tert-OH is 1. The highest BCUT2D eigenvalue weighted by molar-refractivity contribution is 6.31. The van der Waals surface area contributed by atoms with E-state index in [1.165, 1.54) is 7.11 Å². The molecule has 1 aliphatic heterocycles. The van der Waals surface area contributed by atoms with E-state index in [2.05, 4.69) is 4.99 Å². The second-order valence-electron chi connectivity index (χ2n) is 6.30. The average molecular weight is 411 g/mol. The number of hydrogen-bond acceptors (Lipinski definition) is 7. The summed E-state index contributed by atoms with van der Waals surface area (Å²) in [5.74, 6) is -1.81. The molecule has 154 valence electrons. The number of halogens is 1. The van der Waals surface area contributed by atoms with Crippen LogP contribution in [0, 0.1) is 5.92 Å². The highest BCUT2D eigenvalue weighted by Crippen LogP contribution is 2.43. The number of ether oxygens (including phenoxy) is 3. The summed E-state index contributed by atoms with van der Waals surface area (Å²) in [6.45, 7) is 4.63. The van der Waals surface area contributed by atoms with Crippen LogP contribution in [0.25, 0.3) is 0 Å². The first kappa shape index (κ1) is 22.5. The fourth-order valence-corrected chi connectivity index (χ4v) is 3.62. The lowest BCUT2D eigenvalue weighted by molar-refractivity contribution is -0.144. The Balaban J connectivity index is 2.65. The molecule has 0 radical (unpaired) electrons. The van der Waals surface area contributed by atoms with Gasteiger partial charge in [-0.15, -0.1) is 0 Å². The molecule has 0 amide bonds. The molecule has 0 bridgehead atoms. The van der Waals surface area contributed by atoms with E-state index in [9.17, 15) is 9.90 Å². The van der Waals surface area contributed by atoms with Crippen LogP contribution in [0.4, 0.5) is 0 Å². The quantitative estimate of drug-likeness (QED) is 0.367. The van der Waals surface area contributed by atoms with Crippen LogP contribution in [0.3, 0.4) is 0 Å². The predicted octanol–water partition coefficient (Wildman–Crippen LogP) is 2.27. The van der Waals surface area contributed by atoms with Crippen molar-refractivity contribution >= 4 is 23.3 Å². The molecule has 0 saturated heterocycles. The molecule has 1 aromatic rings. The highest BCUT2D eigenvalue weighted by atomic mass is 35.5. The third kappa shape index (κ3) is 4.98. The van der Waals surface area contributed by atoms with Gasteiger partial charge in [-0.1, -0.05) is 29.8 Å². The van der Waals surface area contributed by atoms with Crippen LogP contribution in [0.2, 0.25) is 5.02 Å². The molecule has 0 saturated carbocycles. The van der Waals surface area contributed by atoms with Gasteiger partial charge in [-0.3, -0.25) is 9.79 Å². The fourth-order valence-electron chi connectivity index (χ4n) is 3.37. The van der Waals surface area contributed by atoms with E-state index >= 15 is 0 Å². The standard InChI is InChI=1S/C20H27ClN2O5/c1-4-28-20(25)18-15(11-27-10-9-22)23-12(2)16(19(24)26-3)17(18)13-7-5-6-8-14(13)21/h5-8,16-17,20,25H,4,9-11,22H2,1-3H3. The van der Waals surface area contributed by atoms with E-state index in [0.29, 0.717) is 40.7 Å². The average Bonchev–Trinajstić information content (AvgIpc) is 2.67. The van der Waals surface area contributed by atoms with Crippen LogP contribution in [-0.2, 0) is 19.0 Å². The minimum absolute atomic E-state index is 0.128. The number of carbonyl (C=O) groups excluding carboxylic acids is 1. The minimum Gasteiger partial charge on any atom is -0.468 e. The van der Waals surface area contributed by atoms with Crippen molar-refractivity contribution in [2.75, 3.05) is 33.5 Å². The summed E-state index contributed by atoms with van der Waals surface area (Å²) < 4.78 is 16.0. The summed E-state index contributed by atoms with van der Waals surface area (Å²) in [4.78, 5) is 17.2. The van der Waals surface area contributed by atoms with Gasteiger partial charge < -0.3 is 25.1 Å². The van der Waals surface area contributed by atoms with Gasteiger partial charge >= 0.3 is 5.97 Å². The second kappa shape index (κ2) is 10.7. The Bertz CT molecular complexity index is 750. The molecule has 0 fully saturated rings. The van der Waals surface area contributed by atoms with E-state index in [-0.39, 0.29) is 13.2 Å². The van der Waals surface area contributed by atoms with Gasteiger partial charge in [0, 0.05) is 35.4 Å². The maximum Gasteiger partial charge on any atom is 0.315 e. The lowest BCUT2D eigenvalue weighted by atomic mass is 9.75. The molecule has 3 N–H and O–H groups in total. The molecule has 1 heterocycles. The zero-order valence-corrected chi connectivity index (χ0v) is 17.1. The van der Waals surface area contributed by atoms with E-state index in [1.807, 2.05) is 12.1 Å². The monoisotopic (exact) mass is 410 g/mol. The van der Waals surface area contributed by atoms with Crippen molar-refractivity contribution in [1.82, 2.24) is 0 Å². The smallest absolute Gasteiger partial charge is 0.315 e. The van der Waals surface area contributed by atoms with E-state index in [0.717, 1.165) is 0 Å². The molecule has 0 aliphatic carbocycles. The molecule has 8 heteroatoms. The summed E-state index contributed by atoms with van der Waals surface area (Å²) in [5, 5.41) is 11.2. The third-order valence-corrected chi connectivity index (χ3v) is 4.89. The van der Waals surface area contributed by atoms with Crippen LogP contribution in [0.15, 0.2) is 40.5 Å². The molecule has 1 aromatic carbocycles. The van der Waals surface area contributed by atoms with Gasteiger partial charge in [0.2, 0.25) is 0 Å². The summed E-state index contributed by atoms with van der Waals surface area (Å²) in [6, 6.07) is 7.18. The van der Waals surface area contributed by atoms with Gasteiger partial charge in [-0.2, -0.15) is 0 Å². The normalized spacial score (nSPS) is 20.7. The summed E-state index contributed by atoms with van der Waals surface area (Å²) in [5.41, 5.74) is 7.67. The number of hydrogen-bond donors (Lipinski definition) is 2. The van der Waals surface area contributed by atoms with Crippen molar-refractivity contribution in [1.29, 1.82) is 0 Å². The topological polar surface area (TPSA) is 103 Å². The molecule has 3 atom stereocenters. The number of rotatable bonds is 9. The Morgan fingerprint density at radius 3 is 2.71 bits per heavy atom. The van der Waals surface area contributed by atoms with Crippen molar-refractivity contribution in [3.63, 3.8) is 0 Å². The lowest BCUT2D eigenvalue weighted by Crippen LogP contribution is -2.38. The molecular formula is C20H27ClN2O5. The lowest BCUT2D eigenvalue weighted by Gasteiger charge is -2.35. The Labute approximate surface area is 170 Å². The Morgan fingerprint density at radius 1 is 1.39 bits per heavy atom. The molecule has 0 spiro atoms. The maximum atomic E-state index is 12.6. The van der Waals surface area contributed by atoms with Crippen LogP contribution in [0.1, 0.15) is 25.3 Å². The van der Waals surface area contributed by atoms with Crippen molar-refractivity contribution in [3.05, 3.63) is 46.1 Å². The maximum absolute atomic E-state index is 12.6. The van der Waals surface area contributed by atoms with Crippen LogP contribution >= 0.6 is 11.6 Å². The number of methoxy groups -OCH3 is 1. The number of nitrogens with zero attached hydrogens (tertiary/aromatic N) is 1. The van der Waals surface area contributed by atoms with Crippen LogP contribution < -0.4 is 5.73 Å². The number of nitrogens with two attached hydrogens (primary N) is 1. The first-order valence-corrected chi connectivity index (χ1v) is 9.51. The molecular weight excluding hydrogens is 384 g/mol. The predicted molar refractivity (Wildman–Crippen MR) is 107 cm³/mol. The molecule has 3 unspecified atom stereocenters. The molecule has 7 nitrogen and oxygen atoms in total. The van der Waals surface area contributed by atoms with Crippen molar-refractivity contribution in [2.24, 2.45) is 16.6 Å². The number of esters is 1. The Hall–Kier alpha value is -1.77. The van der Waals surface area contributed by atoms with Crippen molar-refractivity contribution in [2.45, 2.75) is 26.1 Å². The van der Waals surface area contributed by atoms with Crippen LogP contribution in [-0.4, -0.2) is 56.6 Å². The molecule has 1 aliphatic rings. The Kier molecular flexibility index (Phi) is 8.59. The first-order valence-electron chi connectivity index (χ1n) is 9.14. The van der Waals surface area contributed by atoms with E-state index in [1.54, 1.807) is 26.0 Å². The highest BCUT2D eigenvalue weighted by Gasteiger charge is 2.43. The number of aliphatic hydroxyl groups is 1. The number of carbonyl (C=O) groups is 1. The van der Waals surface area contributed by atoms with E-state index in [4.69, 9.17) is 31.5 Å². The summed E-state index contributed by atoms with van der Waals surface area (Å²) in [6.07, 6.45) is -1.27. The molecule has 28 heavy (non-hydrogen) atoms. The largest absolute Gasteiger partial charge is 0.468 e. The van der Waals surface area contributed by atoms with Crippen LogP contribution in [0.5, 0.6) is 0 Å². The van der Waals surface area contributed by atoms with Gasteiger partial charge in [-0.05, 0) is 25.5 Å². The summed E-state index contributed by atoms with van der Waals surface area (Å²) >= 11 is 6.46. The van der Waals surface area contributed by atoms with E-state index < -0.39 is 24.1 Å². The van der Waals surface area contributed by atoms with Gasteiger partial charge in [0.15, 0.2) is 6.29 Å². The van der Waals surface area contributed by atoms with Gasteiger partial charge in [0.05, 0.1) is 26.0 Å². The number of benzene rings is 1. The summed E-state index contributed by atoms with van der Waals surface area (Å²) in [7, 11) is 1.32. The van der Waals surface area contributed by atoms with Crippen molar-refractivity contribution < 1.29 is 24.1 Å². The number of aliphatic imine (C=N–C) groups is 1. The zero-order chi connectivity index (χ0) is 20.7. The van der Waals surface area contributed by atoms with Gasteiger partial charge in [-0.25, -0.2) is 0 Å². The second-order valence-corrected chi connectivity index (χ2v) is 6.71. The van der Waals surface area contributed by atoms with Gasteiger partial charge in [0.1, 0.15) is 5.92 Å². The SMILES string of the molecule is CCOC(O)C1=C(COCCN)N=C(C)C(C(=O)OC)C1c1ccccc1Cl. The van der Waals surface area contributed by atoms with Crippen molar-refractivity contribution in [3.8, 4) is 0 Å². The zero-order valence-electron chi connectivity index (χ0n) is 16.4. The first-order chi connectivity index (χ1) is 13.5. The van der Waals surface area contributed by atoms with Gasteiger partial charge in [0.25, 0.3) is 0 Å². The molecule has 2 rings (SSSR count). The Morgan fingerprint density at radius 2 is 2.11 bits per heavy atom.